The van der Waals surface area contributed by atoms with Gasteiger partial charge in [-0.05, 0) is 6.42 Å². The fourth-order valence-electron chi connectivity index (χ4n) is 1.43. The van der Waals surface area contributed by atoms with Gasteiger partial charge in [-0.3, -0.25) is 0 Å². The zero-order chi connectivity index (χ0) is 9.78. The van der Waals surface area contributed by atoms with Gasteiger partial charge in [0.15, 0.2) is 0 Å². The van der Waals surface area contributed by atoms with Crippen LogP contribution in [-0.2, 0) is 0 Å². The van der Waals surface area contributed by atoms with Crippen LogP contribution in [0.15, 0.2) is 0 Å². The van der Waals surface area contributed by atoms with Crippen molar-refractivity contribution in [3.05, 3.63) is 5.53 Å². The SMILES string of the molecule is CCCCCCCCCCC=[N+]=[N-]. The Hall–Kier alpha value is -0.620. The zero-order valence-corrected chi connectivity index (χ0v) is 8.84. The van der Waals surface area contributed by atoms with E-state index in [1.807, 2.05) is 0 Å². The maximum atomic E-state index is 8.14. The Balaban J connectivity index is 2.87. The summed E-state index contributed by atoms with van der Waals surface area (Å²) in [5.41, 5.74) is 8.14. The van der Waals surface area contributed by atoms with Crippen molar-refractivity contribution < 1.29 is 4.79 Å². The van der Waals surface area contributed by atoms with Gasteiger partial charge in [0.2, 0.25) is 0 Å². The van der Waals surface area contributed by atoms with Gasteiger partial charge in [-0.15, -0.1) is 0 Å². The minimum atomic E-state index is 0.922. The first-order chi connectivity index (χ1) is 6.41. The molecule has 13 heavy (non-hydrogen) atoms. The molecule has 0 fully saturated rings. The van der Waals surface area contributed by atoms with E-state index in [0.717, 1.165) is 12.8 Å². The van der Waals surface area contributed by atoms with Gasteiger partial charge in [-0.1, -0.05) is 51.9 Å². The second-order valence-corrected chi connectivity index (χ2v) is 3.56. The van der Waals surface area contributed by atoms with E-state index in [4.69, 9.17) is 5.53 Å². The highest BCUT2D eigenvalue weighted by Gasteiger charge is 1.91. The van der Waals surface area contributed by atoms with Gasteiger partial charge < -0.3 is 5.53 Å². The maximum absolute atomic E-state index is 8.14. The predicted molar refractivity (Wildman–Crippen MR) is 56.9 cm³/mol. The van der Waals surface area contributed by atoms with Crippen LogP contribution >= 0.6 is 0 Å². The van der Waals surface area contributed by atoms with Crippen LogP contribution < -0.4 is 0 Å². The van der Waals surface area contributed by atoms with Gasteiger partial charge >= 0.3 is 0 Å². The van der Waals surface area contributed by atoms with Crippen LogP contribution in [0.25, 0.3) is 5.53 Å². The molecule has 0 radical (unpaired) electrons. The summed E-state index contributed by atoms with van der Waals surface area (Å²) in [4.78, 5) is 2.97. The summed E-state index contributed by atoms with van der Waals surface area (Å²) in [7, 11) is 0. The second-order valence-electron chi connectivity index (χ2n) is 3.56. The van der Waals surface area contributed by atoms with E-state index < -0.39 is 0 Å². The van der Waals surface area contributed by atoms with Crippen LogP contribution in [0.1, 0.15) is 64.7 Å². The number of unbranched alkanes of at least 4 members (excludes halogenated alkanes) is 8. The summed E-state index contributed by atoms with van der Waals surface area (Å²) in [5, 5.41) is 0. The van der Waals surface area contributed by atoms with Crippen molar-refractivity contribution in [2.45, 2.75) is 64.7 Å². The summed E-state index contributed by atoms with van der Waals surface area (Å²) in [6, 6.07) is 0. The predicted octanol–water partition coefficient (Wildman–Crippen LogP) is 3.82. The van der Waals surface area contributed by atoms with Crippen LogP contribution in [-0.4, -0.2) is 11.0 Å². The molecular formula is C11H22N2. The third kappa shape index (κ3) is 11.4. The Kier molecular flexibility index (Phi) is 10.8. The van der Waals surface area contributed by atoms with E-state index in [2.05, 4.69) is 11.7 Å². The largest absolute Gasteiger partial charge is 0.362 e. The molecule has 0 bridgehead atoms. The molecule has 0 aliphatic carbocycles. The van der Waals surface area contributed by atoms with Crippen molar-refractivity contribution in [2.24, 2.45) is 0 Å². The van der Waals surface area contributed by atoms with Crippen molar-refractivity contribution in [2.75, 3.05) is 0 Å². The van der Waals surface area contributed by atoms with E-state index in [9.17, 15) is 0 Å². The van der Waals surface area contributed by atoms with E-state index in [-0.39, 0.29) is 0 Å². The monoisotopic (exact) mass is 182 g/mol. The summed E-state index contributed by atoms with van der Waals surface area (Å²) >= 11 is 0. The van der Waals surface area contributed by atoms with E-state index in [1.165, 1.54) is 44.9 Å². The third-order valence-corrected chi connectivity index (χ3v) is 2.27. The number of nitrogens with zero attached hydrogens (tertiary/aromatic N) is 2. The Labute approximate surface area is 82.0 Å². The molecule has 0 unspecified atom stereocenters. The topological polar surface area (TPSA) is 36.4 Å². The quantitative estimate of drug-likeness (QED) is 0.225. The lowest BCUT2D eigenvalue weighted by Crippen LogP contribution is -1.81. The van der Waals surface area contributed by atoms with Gasteiger partial charge in [-0.25, -0.2) is 0 Å². The molecule has 0 spiro atoms. The summed E-state index contributed by atoms with van der Waals surface area (Å²) in [6.45, 7) is 2.24. The van der Waals surface area contributed by atoms with Gasteiger partial charge in [0.25, 0.3) is 6.21 Å². The molecule has 0 aliphatic rings. The molecule has 0 aromatic rings. The standard InChI is InChI=1S/C11H22N2/c1-2-3-4-5-6-7-8-9-10-11-13-12/h11H,2-10H2,1H3. The fourth-order valence-corrected chi connectivity index (χ4v) is 1.43. The molecule has 0 aromatic carbocycles. The number of rotatable bonds is 9. The second kappa shape index (κ2) is 11.4. The lowest BCUT2D eigenvalue weighted by Gasteiger charge is -1.98. The first-order valence-electron chi connectivity index (χ1n) is 5.57. The van der Waals surface area contributed by atoms with Crippen molar-refractivity contribution in [1.29, 1.82) is 0 Å². The van der Waals surface area contributed by atoms with Crippen LogP contribution in [0.3, 0.4) is 0 Å². The average Bonchev–Trinajstić information content (AvgIpc) is 2.16. The molecule has 0 N–H and O–H groups in total. The smallest absolute Gasteiger partial charge is 0.257 e. The Morgan fingerprint density at radius 3 is 2.00 bits per heavy atom. The highest BCUT2D eigenvalue weighted by Crippen LogP contribution is 2.08. The molecule has 0 atom stereocenters. The molecule has 0 aliphatic heterocycles. The Morgan fingerprint density at radius 2 is 1.46 bits per heavy atom. The first kappa shape index (κ1) is 12.4. The van der Waals surface area contributed by atoms with E-state index >= 15 is 0 Å². The summed E-state index contributed by atoms with van der Waals surface area (Å²) in [5.74, 6) is 0. The van der Waals surface area contributed by atoms with Gasteiger partial charge in [0.05, 0.1) is 0 Å². The fraction of sp³-hybridized carbons (Fsp3) is 0.909. The van der Waals surface area contributed by atoms with Crippen molar-refractivity contribution in [1.82, 2.24) is 0 Å². The van der Waals surface area contributed by atoms with E-state index in [1.54, 1.807) is 6.21 Å². The maximum Gasteiger partial charge on any atom is 0.257 e. The van der Waals surface area contributed by atoms with Gasteiger partial charge in [0.1, 0.15) is 0 Å². The molecule has 76 valence electrons. The van der Waals surface area contributed by atoms with Crippen LogP contribution in [0.2, 0.25) is 0 Å². The minimum absolute atomic E-state index is 0.922. The molecule has 0 saturated heterocycles. The summed E-state index contributed by atoms with van der Waals surface area (Å²) < 4.78 is 0. The summed E-state index contributed by atoms with van der Waals surface area (Å²) in [6.07, 6.45) is 13.2. The van der Waals surface area contributed by atoms with Crippen LogP contribution in [0.5, 0.6) is 0 Å². The normalized spacial score (nSPS) is 9.62. The molecule has 0 heterocycles. The Bertz CT molecular complexity index is 137. The lowest BCUT2D eigenvalue weighted by molar-refractivity contribution is 0.000734. The van der Waals surface area contributed by atoms with Crippen LogP contribution in [0, 0.1) is 0 Å². The highest BCUT2D eigenvalue weighted by atomic mass is 14.8. The Morgan fingerprint density at radius 1 is 0.923 bits per heavy atom. The minimum Gasteiger partial charge on any atom is -0.362 e. The van der Waals surface area contributed by atoms with Gasteiger partial charge in [-0.2, -0.15) is 4.79 Å². The molecule has 0 rings (SSSR count). The average molecular weight is 182 g/mol. The van der Waals surface area contributed by atoms with Crippen LogP contribution in [0.4, 0.5) is 0 Å². The third-order valence-electron chi connectivity index (χ3n) is 2.27. The number of hydrogen-bond acceptors (Lipinski definition) is 0. The molecule has 0 saturated carbocycles. The molecule has 2 heteroatoms. The molecular weight excluding hydrogens is 160 g/mol. The molecule has 2 nitrogen and oxygen atoms in total. The van der Waals surface area contributed by atoms with Crippen molar-refractivity contribution in [3.63, 3.8) is 0 Å². The van der Waals surface area contributed by atoms with E-state index in [0.29, 0.717) is 0 Å². The first-order valence-corrected chi connectivity index (χ1v) is 5.57. The molecule has 0 aromatic heterocycles. The van der Waals surface area contributed by atoms with Crippen molar-refractivity contribution >= 4 is 6.21 Å². The molecule has 0 amide bonds. The van der Waals surface area contributed by atoms with Gasteiger partial charge in [0, 0.05) is 6.42 Å². The lowest BCUT2D eigenvalue weighted by atomic mass is 10.1. The number of hydrogen-bond donors (Lipinski definition) is 0. The highest BCUT2D eigenvalue weighted by molar-refractivity contribution is 5.49. The zero-order valence-electron chi connectivity index (χ0n) is 8.84. The van der Waals surface area contributed by atoms with Crippen molar-refractivity contribution in [3.8, 4) is 0 Å².